The van der Waals surface area contributed by atoms with E-state index in [0.29, 0.717) is 0 Å². The summed E-state index contributed by atoms with van der Waals surface area (Å²) >= 11 is 0. The highest BCUT2D eigenvalue weighted by Gasteiger charge is 2.26. The van der Waals surface area contributed by atoms with Crippen molar-refractivity contribution in [3.8, 4) is 0 Å². The molecule has 1 atom stereocenters. The molecule has 0 saturated heterocycles. The van der Waals surface area contributed by atoms with E-state index in [0.717, 1.165) is 23.5 Å². The lowest BCUT2D eigenvalue weighted by Crippen LogP contribution is -2.20. The Hall–Kier alpha value is -1.35. The molecule has 0 radical (unpaired) electrons. The standard InChI is InChI=1S/C15H23N3/c1-6-11(16)13-14(15(3,4)5)17-12-9-10(2)7-8-18(12)13/h7-9,11H,6,16H2,1-5H3. The van der Waals surface area contributed by atoms with E-state index in [1.54, 1.807) is 0 Å². The highest BCUT2D eigenvalue weighted by molar-refractivity contribution is 5.47. The number of hydrogen-bond donors (Lipinski definition) is 1. The second-order valence-electron chi connectivity index (χ2n) is 6.04. The van der Waals surface area contributed by atoms with E-state index in [-0.39, 0.29) is 11.5 Å². The Kier molecular flexibility index (Phi) is 3.20. The fraction of sp³-hybridized carbons (Fsp3) is 0.533. The summed E-state index contributed by atoms with van der Waals surface area (Å²) < 4.78 is 2.14. The molecular weight excluding hydrogens is 222 g/mol. The van der Waals surface area contributed by atoms with Crippen LogP contribution >= 0.6 is 0 Å². The summed E-state index contributed by atoms with van der Waals surface area (Å²) in [5, 5.41) is 0. The minimum absolute atomic E-state index is 0.0159. The molecule has 2 aromatic rings. The molecule has 0 aliphatic heterocycles. The number of aromatic nitrogens is 2. The molecule has 2 N–H and O–H groups in total. The van der Waals surface area contributed by atoms with Gasteiger partial charge < -0.3 is 10.1 Å². The van der Waals surface area contributed by atoms with Crippen molar-refractivity contribution in [3.63, 3.8) is 0 Å². The molecule has 0 bridgehead atoms. The largest absolute Gasteiger partial charge is 0.323 e. The molecule has 0 spiro atoms. The number of aryl methyl sites for hydroxylation is 1. The Balaban J connectivity index is 2.76. The van der Waals surface area contributed by atoms with Gasteiger partial charge in [-0.1, -0.05) is 27.7 Å². The average molecular weight is 245 g/mol. The van der Waals surface area contributed by atoms with Gasteiger partial charge in [0, 0.05) is 17.7 Å². The van der Waals surface area contributed by atoms with Gasteiger partial charge in [-0.05, 0) is 31.0 Å². The molecule has 0 aliphatic carbocycles. The molecule has 0 fully saturated rings. The molecule has 0 amide bonds. The molecule has 3 nitrogen and oxygen atoms in total. The quantitative estimate of drug-likeness (QED) is 0.881. The second-order valence-corrected chi connectivity index (χ2v) is 6.04. The minimum Gasteiger partial charge on any atom is -0.323 e. The summed E-state index contributed by atoms with van der Waals surface area (Å²) in [5.41, 5.74) is 10.8. The summed E-state index contributed by atoms with van der Waals surface area (Å²) in [6, 6.07) is 4.26. The van der Waals surface area contributed by atoms with Gasteiger partial charge in [-0.25, -0.2) is 4.98 Å². The Morgan fingerprint density at radius 3 is 2.61 bits per heavy atom. The van der Waals surface area contributed by atoms with Crippen LogP contribution in [-0.2, 0) is 5.41 Å². The molecule has 98 valence electrons. The first-order chi connectivity index (χ1) is 8.34. The number of rotatable bonds is 2. The molecule has 2 rings (SSSR count). The third-order valence-corrected chi connectivity index (χ3v) is 3.32. The van der Waals surface area contributed by atoms with E-state index in [9.17, 15) is 0 Å². The van der Waals surface area contributed by atoms with Gasteiger partial charge in [-0.3, -0.25) is 0 Å². The lowest BCUT2D eigenvalue weighted by Gasteiger charge is -2.20. The van der Waals surface area contributed by atoms with Crippen molar-refractivity contribution < 1.29 is 0 Å². The highest BCUT2D eigenvalue weighted by Crippen LogP contribution is 2.30. The van der Waals surface area contributed by atoms with Gasteiger partial charge in [0.05, 0.1) is 11.4 Å². The van der Waals surface area contributed by atoms with Crippen LogP contribution in [0.2, 0.25) is 0 Å². The van der Waals surface area contributed by atoms with Crippen molar-refractivity contribution in [1.29, 1.82) is 0 Å². The molecule has 0 aromatic carbocycles. The van der Waals surface area contributed by atoms with Gasteiger partial charge in [0.1, 0.15) is 5.65 Å². The zero-order chi connectivity index (χ0) is 13.5. The third kappa shape index (κ3) is 2.15. The Morgan fingerprint density at radius 1 is 1.39 bits per heavy atom. The van der Waals surface area contributed by atoms with Gasteiger partial charge in [-0.15, -0.1) is 0 Å². The van der Waals surface area contributed by atoms with Crippen LogP contribution in [0.25, 0.3) is 5.65 Å². The zero-order valence-corrected chi connectivity index (χ0v) is 12.0. The van der Waals surface area contributed by atoms with Crippen molar-refractivity contribution in [1.82, 2.24) is 9.38 Å². The van der Waals surface area contributed by atoms with E-state index in [4.69, 9.17) is 10.7 Å². The van der Waals surface area contributed by atoms with Gasteiger partial charge in [0.15, 0.2) is 0 Å². The molecule has 3 heteroatoms. The van der Waals surface area contributed by atoms with E-state index in [2.05, 4.69) is 57.3 Å². The number of pyridine rings is 1. The van der Waals surface area contributed by atoms with Crippen LogP contribution < -0.4 is 5.73 Å². The van der Waals surface area contributed by atoms with E-state index in [1.807, 2.05) is 0 Å². The molecule has 1 unspecified atom stereocenters. The third-order valence-electron chi connectivity index (χ3n) is 3.32. The summed E-state index contributed by atoms with van der Waals surface area (Å²) in [5.74, 6) is 0. The Bertz CT molecular complexity index is 561. The zero-order valence-electron chi connectivity index (χ0n) is 12.0. The van der Waals surface area contributed by atoms with Gasteiger partial charge in [0.25, 0.3) is 0 Å². The molecule has 0 aliphatic rings. The van der Waals surface area contributed by atoms with Crippen molar-refractivity contribution in [2.75, 3.05) is 0 Å². The summed E-state index contributed by atoms with van der Waals surface area (Å²) in [6.07, 6.45) is 3.00. The van der Waals surface area contributed by atoms with Gasteiger partial charge >= 0.3 is 0 Å². The van der Waals surface area contributed by atoms with Crippen LogP contribution in [-0.4, -0.2) is 9.38 Å². The molecule has 2 heterocycles. The van der Waals surface area contributed by atoms with Crippen molar-refractivity contribution in [2.45, 2.75) is 52.5 Å². The lowest BCUT2D eigenvalue weighted by molar-refractivity contribution is 0.545. The number of nitrogens with zero attached hydrogens (tertiary/aromatic N) is 2. The number of nitrogens with two attached hydrogens (primary N) is 1. The highest BCUT2D eigenvalue weighted by atomic mass is 15.0. The average Bonchev–Trinajstić information content (AvgIpc) is 2.66. The van der Waals surface area contributed by atoms with Gasteiger partial charge in [-0.2, -0.15) is 0 Å². The summed E-state index contributed by atoms with van der Waals surface area (Å²) in [6.45, 7) is 10.8. The van der Waals surface area contributed by atoms with Crippen LogP contribution in [0.4, 0.5) is 0 Å². The number of fused-ring (bicyclic) bond motifs is 1. The maximum Gasteiger partial charge on any atom is 0.137 e. The monoisotopic (exact) mass is 245 g/mol. The fourth-order valence-corrected chi connectivity index (χ4v) is 2.27. The van der Waals surface area contributed by atoms with Crippen LogP contribution in [0.5, 0.6) is 0 Å². The summed E-state index contributed by atoms with van der Waals surface area (Å²) in [4.78, 5) is 4.80. The predicted molar refractivity (Wildman–Crippen MR) is 75.8 cm³/mol. The summed E-state index contributed by atoms with van der Waals surface area (Å²) in [7, 11) is 0. The molecule has 0 saturated carbocycles. The smallest absolute Gasteiger partial charge is 0.137 e. The minimum atomic E-state index is 0.0159. The van der Waals surface area contributed by atoms with Crippen molar-refractivity contribution in [3.05, 3.63) is 35.3 Å². The predicted octanol–water partition coefficient (Wildman–Crippen LogP) is 3.35. The lowest BCUT2D eigenvalue weighted by atomic mass is 9.89. The van der Waals surface area contributed by atoms with Crippen LogP contribution in [0.15, 0.2) is 18.3 Å². The molecule has 2 aromatic heterocycles. The number of hydrogen-bond acceptors (Lipinski definition) is 2. The van der Waals surface area contributed by atoms with Crippen LogP contribution in [0.1, 0.15) is 57.1 Å². The van der Waals surface area contributed by atoms with E-state index >= 15 is 0 Å². The Morgan fingerprint density at radius 2 is 2.06 bits per heavy atom. The van der Waals surface area contributed by atoms with Crippen molar-refractivity contribution >= 4 is 5.65 Å². The van der Waals surface area contributed by atoms with Crippen molar-refractivity contribution in [2.24, 2.45) is 5.73 Å². The molecular formula is C15H23N3. The van der Waals surface area contributed by atoms with Gasteiger partial charge in [0.2, 0.25) is 0 Å². The SMILES string of the molecule is CCC(N)c1c(C(C)(C)C)nc2cc(C)ccn12. The maximum atomic E-state index is 6.28. The van der Waals surface area contributed by atoms with Crippen LogP contribution in [0, 0.1) is 6.92 Å². The first-order valence-corrected chi connectivity index (χ1v) is 6.59. The fourth-order valence-electron chi connectivity index (χ4n) is 2.27. The Labute approximate surface area is 109 Å². The first-order valence-electron chi connectivity index (χ1n) is 6.59. The van der Waals surface area contributed by atoms with Crippen LogP contribution in [0.3, 0.4) is 0 Å². The maximum absolute atomic E-state index is 6.28. The van der Waals surface area contributed by atoms with E-state index < -0.39 is 0 Å². The normalized spacial score (nSPS) is 14.1. The second kappa shape index (κ2) is 4.39. The topological polar surface area (TPSA) is 43.3 Å². The molecule has 18 heavy (non-hydrogen) atoms. The van der Waals surface area contributed by atoms with E-state index in [1.165, 1.54) is 5.56 Å². The number of imidazole rings is 1. The first kappa shape index (κ1) is 13.1.